The third-order valence-electron chi connectivity index (χ3n) is 9.32. The van der Waals surface area contributed by atoms with Crippen LogP contribution in [0.3, 0.4) is 0 Å². The van der Waals surface area contributed by atoms with E-state index in [0.29, 0.717) is 32.3 Å². The fourth-order valence-corrected chi connectivity index (χ4v) is 6.74. The monoisotopic (exact) mass is 573 g/mol. The van der Waals surface area contributed by atoms with Gasteiger partial charge in [0.1, 0.15) is 18.9 Å². The molecule has 0 spiro atoms. The van der Waals surface area contributed by atoms with Crippen LogP contribution in [0, 0.1) is 17.8 Å². The maximum Gasteiger partial charge on any atom is 0.113 e. The second-order valence-corrected chi connectivity index (χ2v) is 12.6. The van der Waals surface area contributed by atoms with Gasteiger partial charge in [-0.2, -0.15) is 0 Å². The van der Waals surface area contributed by atoms with Gasteiger partial charge < -0.3 is 14.2 Å². The summed E-state index contributed by atoms with van der Waals surface area (Å²) < 4.78 is 35.0. The van der Waals surface area contributed by atoms with Crippen LogP contribution in [-0.4, -0.2) is 49.0 Å². The van der Waals surface area contributed by atoms with Crippen LogP contribution in [0.5, 0.6) is 0 Å². The average Bonchev–Trinajstić information content (AvgIpc) is 3.03. The second-order valence-electron chi connectivity index (χ2n) is 12.6. The van der Waals surface area contributed by atoms with Crippen molar-refractivity contribution in [3.63, 3.8) is 0 Å². The highest BCUT2D eigenvalue weighted by Gasteiger charge is 2.46. The molecule has 0 unspecified atom stereocenters. The first kappa shape index (κ1) is 30.9. The number of likely N-dealkylation sites (tertiary alicyclic amines) is 1. The zero-order valence-corrected chi connectivity index (χ0v) is 25.3. The highest BCUT2D eigenvalue weighted by molar-refractivity contribution is 5.16. The van der Waals surface area contributed by atoms with Crippen molar-refractivity contribution in [1.29, 1.82) is 0 Å². The van der Waals surface area contributed by atoms with Gasteiger partial charge in [0.05, 0.1) is 32.0 Å². The van der Waals surface area contributed by atoms with Crippen molar-refractivity contribution >= 4 is 0 Å². The van der Waals surface area contributed by atoms with E-state index in [0.717, 1.165) is 35.1 Å². The molecule has 1 aliphatic carbocycles. The minimum Gasteiger partial charge on any atom is -0.369 e. The molecule has 1 aliphatic heterocycles. The molecular formula is C37H48FNO3. The molecule has 0 amide bonds. The van der Waals surface area contributed by atoms with E-state index in [1.165, 1.54) is 25.7 Å². The molecule has 0 aromatic heterocycles. The number of hydrogen-bond donors (Lipinski definition) is 0. The van der Waals surface area contributed by atoms with E-state index in [1.807, 2.05) is 54.6 Å². The maximum absolute atomic E-state index is 15.1. The van der Waals surface area contributed by atoms with Crippen LogP contribution in [0.2, 0.25) is 0 Å². The van der Waals surface area contributed by atoms with Gasteiger partial charge >= 0.3 is 0 Å². The van der Waals surface area contributed by atoms with E-state index in [2.05, 4.69) is 55.1 Å². The molecular weight excluding hydrogens is 525 g/mol. The van der Waals surface area contributed by atoms with Gasteiger partial charge in [0.2, 0.25) is 0 Å². The number of hydrogen-bond acceptors (Lipinski definition) is 4. The Morgan fingerprint density at radius 2 is 1.14 bits per heavy atom. The van der Waals surface area contributed by atoms with Crippen molar-refractivity contribution in [1.82, 2.24) is 4.90 Å². The summed E-state index contributed by atoms with van der Waals surface area (Å²) in [4.78, 5) is 2.33. The molecule has 0 bridgehead atoms. The first-order valence-electron chi connectivity index (χ1n) is 15.9. The van der Waals surface area contributed by atoms with Crippen LogP contribution in [-0.2, 0) is 34.0 Å². The smallest absolute Gasteiger partial charge is 0.113 e. The van der Waals surface area contributed by atoms with Crippen molar-refractivity contribution in [2.75, 3.05) is 19.8 Å². The Balaban J connectivity index is 1.38. The third kappa shape index (κ3) is 8.50. The Labute approximate surface area is 252 Å². The molecule has 1 saturated heterocycles. The lowest BCUT2D eigenvalue weighted by molar-refractivity contribution is -0.206. The number of nitrogens with zero attached hydrogens (tertiary/aromatic N) is 1. The number of rotatable bonds is 13. The molecule has 4 atom stereocenters. The lowest BCUT2D eigenvalue weighted by Crippen LogP contribution is -2.64. The van der Waals surface area contributed by atoms with E-state index in [-0.39, 0.29) is 12.1 Å². The normalized spacial score (nSPS) is 26.9. The van der Waals surface area contributed by atoms with Crippen molar-refractivity contribution in [3.05, 3.63) is 108 Å². The summed E-state index contributed by atoms with van der Waals surface area (Å²) in [5.41, 5.74) is 3.28. The number of ether oxygens (including phenoxy) is 3. The predicted octanol–water partition coefficient (Wildman–Crippen LogP) is 7.86. The fourth-order valence-electron chi connectivity index (χ4n) is 6.74. The molecule has 226 valence electrons. The van der Waals surface area contributed by atoms with Crippen LogP contribution < -0.4 is 0 Å². The van der Waals surface area contributed by atoms with E-state index >= 15 is 4.39 Å². The summed E-state index contributed by atoms with van der Waals surface area (Å²) in [6.07, 6.45) is 3.84. The summed E-state index contributed by atoms with van der Waals surface area (Å²) in [6, 6.07) is 30.2. The van der Waals surface area contributed by atoms with Gasteiger partial charge in [0, 0.05) is 13.1 Å². The number of alkyl halides is 1. The minimum absolute atomic E-state index is 0.246. The van der Waals surface area contributed by atoms with E-state index in [9.17, 15) is 0 Å². The quantitative estimate of drug-likeness (QED) is 0.208. The van der Waals surface area contributed by atoms with Crippen molar-refractivity contribution in [3.8, 4) is 0 Å². The summed E-state index contributed by atoms with van der Waals surface area (Å²) in [6.45, 7) is 7.04. The summed E-state index contributed by atoms with van der Waals surface area (Å²) in [5.74, 6) is 2.10. The van der Waals surface area contributed by atoms with Gasteiger partial charge in [-0.1, -0.05) is 105 Å². The average molecular weight is 574 g/mol. The minimum atomic E-state index is -0.475. The van der Waals surface area contributed by atoms with Crippen molar-refractivity contribution in [2.24, 2.45) is 17.8 Å². The molecule has 2 aliphatic rings. The maximum atomic E-state index is 15.1. The van der Waals surface area contributed by atoms with Crippen LogP contribution in [0.1, 0.15) is 56.2 Å². The van der Waals surface area contributed by atoms with Crippen molar-refractivity contribution < 1.29 is 18.6 Å². The standard InChI is InChI=1S/C37H48FNO3/c1-28(2)33-20-18-29(19-21-33)23-39-24-35(40-25-30-12-6-3-7-13-30)37(42-27-32-16-10-5-11-17-32)36(34(39)22-38)41-26-31-14-8-4-9-15-31/h3-17,28-29,33-37H,18-27H2,1-2H3/t29?,33?,34-,35+,36-,37-/m1/s1. The second kappa shape index (κ2) is 15.8. The molecule has 2 fully saturated rings. The Hall–Kier alpha value is -2.57. The molecule has 1 heterocycles. The van der Waals surface area contributed by atoms with Crippen molar-refractivity contribution in [2.45, 2.75) is 83.7 Å². The number of piperidine rings is 1. The van der Waals surface area contributed by atoms with E-state index in [1.54, 1.807) is 0 Å². The largest absolute Gasteiger partial charge is 0.369 e. The van der Waals surface area contributed by atoms with Gasteiger partial charge in [-0.05, 0) is 60.1 Å². The van der Waals surface area contributed by atoms with Crippen LogP contribution >= 0.6 is 0 Å². The fraction of sp³-hybridized carbons (Fsp3) is 0.514. The Morgan fingerprint density at radius 1 is 0.667 bits per heavy atom. The lowest BCUT2D eigenvalue weighted by atomic mass is 9.76. The first-order chi connectivity index (χ1) is 20.6. The van der Waals surface area contributed by atoms with E-state index in [4.69, 9.17) is 14.2 Å². The molecule has 1 saturated carbocycles. The van der Waals surface area contributed by atoms with Crippen LogP contribution in [0.15, 0.2) is 91.0 Å². The zero-order chi connectivity index (χ0) is 29.1. The SMILES string of the molecule is CC(C)C1CCC(CN2C[C@H](OCc3ccccc3)[C@@H](OCc3ccccc3)[C@H](OCc3ccccc3)[C@H]2CF)CC1. The summed E-state index contributed by atoms with van der Waals surface area (Å²) in [5, 5.41) is 0. The van der Waals surface area contributed by atoms with Gasteiger partial charge in [0.25, 0.3) is 0 Å². The zero-order valence-electron chi connectivity index (χ0n) is 25.3. The Bertz CT molecular complexity index is 1150. The summed E-state index contributed by atoms with van der Waals surface area (Å²) in [7, 11) is 0. The molecule has 0 radical (unpaired) electrons. The van der Waals surface area contributed by atoms with Gasteiger partial charge in [-0.3, -0.25) is 4.90 Å². The molecule has 5 rings (SSSR count). The highest BCUT2D eigenvalue weighted by atomic mass is 19.1. The molecule has 42 heavy (non-hydrogen) atoms. The predicted molar refractivity (Wildman–Crippen MR) is 167 cm³/mol. The lowest BCUT2D eigenvalue weighted by Gasteiger charge is -2.49. The molecule has 3 aromatic rings. The Morgan fingerprint density at radius 3 is 1.62 bits per heavy atom. The van der Waals surface area contributed by atoms with Gasteiger partial charge in [-0.15, -0.1) is 0 Å². The topological polar surface area (TPSA) is 30.9 Å². The third-order valence-corrected chi connectivity index (χ3v) is 9.32. The van der Waals surface area contributed by atoms with Gasteiger partial charge in [0.15, 0.2) is 0 Å². The summed E-state index contributed by atoms with van der Waals surface area (Å²) >= 11 is 0. The van der Waals surface area contributed by atoms with Crippen LogP contribution in [0.4, 0.5) is 4.39 Å². The van der Waals surface area contributed by atoms with Crippen LogP contribution in [0.25, 0.3) is 0 Å². The molecule has 5 heteroatoms. The molecule has 0 N–H and O–H groups in total. The first-order valence-corrected chi connectivity index (χ1v) is 15.9. The highest BCUT2D eigenvalue weighted by Crippen LogP contribution is 2.36. The number of benzene rings is 3. The van der Waals surface area contributed by atoms with Gasteiger partial charge in [-0.25, -0.2) is 4.39 Å². The van der Waals surface area contributed by atoms with E-state index < -0.39 is 18.9 Å². The molecule has 4 nitrogen and oxygen atoms in total. The number of halogens is 1. The Kier molecular flexibility index (Phi) is 11.6. The molecule has 3 aromatic carbocycles.